The van der Waals surface area contributed by atoms with E-state index in [0.29, 0.717) is 4.60 Å². The highest BCUT2D eigenvalue weighted by molar-refractivity contribution is 9.10. The van der Waals surface area contributed by atoms with Gasteiger partial charge in [-0.15, -0.1) is 24.8 Å². The van der Waals surface area contributed by atoms with Crippen LogP contribution < -0.4 is 11.5 Å². The Balaban J connectivity index is 0. The van der Waals surface area contributed by atoms with E-state index >= 15 is 0 Å². The zero-order valence-electron chi connectivity index (χ0n) is 7.72. The van der Waals surface area contributed by atoms with Gasteiger partial charge in [-0.05, 0) is 33.6 Å². The average Bonchev–Trinajstić information content (AvgIpc) is 2.03. The molecule has 4 N–H and O–H groups in total. The van der Waals surface area contributed by atoms with E-state index in [1.807, 2.05) is 0 Å². The fourth-order valence-corrected chi connectivity index (χ4v) is 1.37. The number of rotatable bonds is 3. The molecular weight excluding hydrogens is 305 g/mol. The first-order chi connectivity index (χ1) is 6.09. The SMILES string of the molecule is Cl.Cl.NC(=O)CC(N)c1ccnc(Br)c1. The number of primary amides is 1. The molecular formula is C8H12BrCl2N3O. The van der Waals surface area contributed by atoms with Crippen LogP contribution >= 0.6 is 40.7 Å². The highest BCUT2D eigenvalue weighted by Crippen LogP contribution is 2.16. The molecule has 1 amide bonds. The van der Waals surface area contributed by atoms with E-state index in [1.54, 1.807) is 18.3 Å². The number of aromatic nitrogens is 1. The molecule has 7 heteroatoms. The minimum atomic E-state index is -0.402. The molecule has 0 saturated heterocycles. The van der Waals surface area contributed by atoms with Crippen LogP contribution in [0.1, 0.15) is 18.0 Å². The summed E-state index contributed by atoms with van der Waals surface area (Å²) < 4.78 is 0.699. The largest absolute Gasteiger partial charge is 0.370 e. The van der Waals surface area contributed by atoms with Crippen molar-refractivity contribution in [2.45, 2.75) is 12.5 Å². The molecule has 1 aromatic heterocycles. The third kappa shape index (κ3) is 5.94. The second kappa shape index (κ2) is 7.87. The first kappa shape index (κ1) is 17.0. The van der Waals surface area contributed by atoms with Gasteiger partial charge in [-0.2, -0.15) is 0 Å². The molecule has 86 valence electrons. The van der Waals surface area contributed by atoms with Gasteiger partial charge in [0.2, 0.25) is 5.91 Å². The smallest absolute Gasteiger partial charge is 0.219 e. The summed E-state index contributed by atoms with van der Waals surface area (Å²) in [5.74, 6) is -0.402. The minimum Gasteiger partial charge on any atom is -0.370 e. The van der Waals surface area contributed by atoms with E-state index in [4.69, 9.17) is 11.5 Å². The summed E-state index contributed by atoms with van der Waals surface area (Å²) in [6.45, 7) is 0. The summed E-state index contributed by atoms with van der Waals surface area (Å²) >= 11 is 3.21. The van der Waals surface area contributed by atoms with Crippen molar-refractivity contribution < 1.29 is 4.79 Å². The number of amides is 1. The number of hydrogen-bond donors (Lipinski definition) is 2. The van der Waals surface area contributed by atoms with Crippen LogP contribution in [-0.2, 0) is 4.79 Å². The van der Waals surface area contributed by atoms with Crippen molar-refractivity contribution in [2.24, 2.45) is 11.5 Å². The summed E-state index contributed by atoms with van der Waals surface area (Å²) in [5, 5.41) is 0. The molecule has 1 heterocycles. The normalized spacial score (nSPS) is 10.8. The van der Waals surface area contributed by atoms with E-state index in [1.165, 1.54) is 0 Å². The Bertz CT molecular complexity index is 325. The van der Waals surface area contributed by atoms with Crippen LogP contribution in [0.3, 0.4) is 0 Å². The van der Waals surface area contributed by atoms with Crippen LogP contribution in [0.2, 0.25) is 0 Å². The summed E-state index contributed by atoms with van der Waals surface area (Å²) in [5.41, 5.74) is 11.6. The molecule has 0 fully saturated rings. The van der Waals surface area contributed by atoms with Crippen LogP contribution in [0, 0.1) is 0 Å². The molecule has 0 radical (unpaired) electrons. The number of pyridine rings is 1. The molecule has 0 spiro atoms. The zero-order chi connectivity index (χ0) is 9.84. The highest BCUT2D eigenvalue weighted by atomic mass is 79.9. The number of hydrogen-bond acceptors (Lipinski definition) is 3. The van der Waals surface area contributed by atoms with Crippen LogP contribution in [0.5, 0.6) is 0 Å². The van der Waals surface area contributed by atoms with Crippen LogP contribution in [0.15, 0.2) is 22.9 Å². The second-order valence-corrected chi connectivity index (χ2v) is 3.50. The van der Waals surface area contributed by atoms with Crippen molar-refractivity contribution in [2.75, 3.05) is 0 Å². The fourth-order valence-electron chi connectivity index (χ4n) is 0.983. The van der Waals surface area contributed by atoms with Crippen molar-refractivity contribution in [3.05, 3.63) is 28.5 Å². The van der Waals surface area contributed by atoms with Gasteiger partial charge in [-0.3, -0.25) is 4.79 Å². The number of carbonyl (C=O) groups excluding carboxylic acids is 1. The summed E-state index contributed by atoms with van der Waals surface area (Å²) in [4.78, 5) is 14.5. The summed E-state index contributed by atoms with van der Waals surface area (Å²) in [6, 6.07) is 3.18. The van der Waals surface area contributed by atoms with Gasteiger partial charge in [0.25, 0.3) is 0 Å². The number of nitrogens with zero attached hydrogens (tertiary/aromatic N) is 1. The highest BCUT2D eigenvalue weighted by Gasteiger charge is 2.09. The maximum Gasteiger partial charge on any atom is 0.219 e. The molecule has 0 saturated carbocycles. The maximum atomic E-state index is 10.6. The quantitative estimate of drug-likeness (QED) is 0.830. The van der Waals surface area contributed by atoms with Gasteiger partial charge >= 0.3 is 0 Å². The first-order valence-electron chi connectivity index (χ1n) is 3.75. The van der Waals surface area contributed by atoms with Gasteiger partial charge in [0, 0.05) is 18.7 Å². The maximum absolute atomic E-state index is 10.6. The van der Waals surface area contributed by atoms with Crippen molar-refractivity contribution >= 4 is 46.7 Å². The van der Waals surface area contributed by atoms with Crippen molar-refractivity contribution in [1.29, 1.82) is 0 Å². The Morgan fingerprint density at radius 1 is 1.53 bits per heavy atom. The number of carbonyl (C=O) groups is 1. The lowest BCUT2D eigenvalue weighted by Gasteiger charge is -2.08. The lowest BCUT2D eigenvalue weighted by molar-refractivity contribution is -0.118. The monoisotopic (exact) mass is 315 g/mol. The molecule has 0 aliphatic carbocycles. The predicted octanol–water partition coefficient (Wildman–Crippen LogP) is 1.56. The molecule has 0 aromatic carbocycles. The van der Waals surface area contributed by atoms with Crippen molar-refractivity contribution in [1.82, 2.24) is 4.98 Å². The Labute approximate surface area is 109 Å². The van der Waals surface area contributed by atoms with E-state index in [-0.39, 0.29) is 37.3 Å². The van der Waals surface area contributed by atoms with Gasteiger partial charge in [-0.1, -0.05) is 0 Å². The van der Waals surface area contributed by atoms with Gasteiger partial charge in [0.1, 0.15) is 4.60 Å². The van der Waals surface area contributed by atoms with Gasteiger partial charge in [-0.25, -0.2) is 4.98 Å². The molecule has 4 nitrogen and oxygen atoms in total. The van der Waals surface area contributed by atoms with Gasteiger partial charge < -0.3 is 11.5 Å². The van der Waals surface area contributed by atoms with Crippen LogP contribution in [0.25, 0.3) is 0 Å². The first-order valence-corrected chi connectivity index (χ1v) is 4.54. The molecule has 1 atom stereocenters. The Hall–Kier alpha value is -0.360. The number of halogens is 3. The Morgan fingerprint density at radius 2 is 2.13 bits per heavy atom. The second-order valence-electron chi connectivity index (χ2n) is 2.69. The standard InChI is InChI=1S/C8H10BrN3O.2ClH/c9-7-3-5(1-2-12-7)6(10)4-8(11)13;;/h1-3,6H,4,10H2,(H2,11,13);2*1H. The molecule has 1 unspecified atom stereocenters. The predicted molar refractivity (Wildman–Crippen MR) is 67.2 cm³/mol. The third-order valence-corrected chi connectivity index (χ3v) is 2.03. The number of nitrogens with two attached hydrogens (primary N) is 2. The molecule has 0 bridgehead atoms. The minimum absolute atomic E-state index is 0. The molecule has 1 rings (SSSR count). The van der Waals surface area contributed by atoms with Gasteiger partial charge in [0.15, 0.2) is 0 Å². The van der Waals surface area contributed by atoms with Crippen LogP contribution in [-0.4, -0.2) is 10.9 Å². The molecule has 1 aromatic rings. The Kier molecular flexibility index (Phi) is 8.95. The molecule has 0 aliphatic heterocycles. The molecule has 15 heavy (non-hydrogen) atoms. The van der Waals surface area contributed by atoms with E-state index in [0.717, 1.165) is 5.56 Å². The zero-order valence-corrected chi connectivity index (χ0v) is 10.9. The fraction of sp³-hybridized carbons (Fsp3) is 0.250. The lowest BCUT2D eigenvalue weighted by Crippen LogP contribution is -2.20. The Morgan fingerprint density at radius 3 is 2.60 bits per heavy atom. The van der Waals surface area contributed by atoms with E-state index < -0.39 is 5.91 Å². The van der Waals surface area contributed by atoms with Crippen molar-refractivity contribution in [3.8, 4) is 0 Å². The molecule has 0 aliphatic rings. The van der Waals surface area contributed by atoms with Gasteiger partial charge in [0.05, 0.1) is 0 Å². The summed E-state index contributed by atoms with van der Waals surface area (Å²) in [7, 11) is 0. The average molecular weight is 317 g/mol. The van der Waals surface area contributed by atoms with E-state index in [2.05, 4.69) is 20.9 Å². The van der Waals surface area contributed by atoms with Crippen molar-refractivity contribution in [3.63, 3.8) is 0 Å². The van der Waals surface area contributed by atoms with Crippen LogP contribution in [0.4, 0.5) is 0 Å². The summed E-state index contributed by atoms with van der Waals surface area (Å²) in [6.07, 6.45) is 1.77. The topological polar surface area (TPSA) is 82.0 Å². The third-order valence-electron chi connectivity index (χ3n) is 1.60. The van der Waals surface area contributed by atoms with E-state index in [9.17, 15) is 4.79 Å². The lowest BCUT2D eigenvalue weighted by atomic mass is 10.1.